The van der Waals surface area contributed by atoms with Gasteiger partial charge in [-0.3, -0.25) is 9.89 Å². The molecule has 0 atom stereocenters. The van der Waals surface area contributed by atoms with E-state index < -0.39 is 0 Å². The number of morpholine rings is 1. The molecule has 1 aromatic carbocycles. The van der Waals surface area contributed by atoms with E-state index in [0.29, 0.717) is 0 Å². The number of ether oxygens (including phenoxy) is 1. The Morgan fingerprint density at radius 3 is 2.70 bits per heavy atom. The van der Waals surface area contributed by atoms with Crippen LogP contribution < -0.4 is 10.6 Å². The first-order valence-electron chi connectivity index (χ1n) is 11.7. The fourth-order valence-electron chi connectivity index (χ4n) is 4.13. The van der Waals surface area contributed by atoms with E-state index in [-0.39, 0.29) is 24.0 Å². The molecule has 0 spiro atoms. The second-order valence-electron chi connectivity index (χ2n) is 8.28. The molecule has 1 aliphatic rings. The van der Waals surface area contributed by atoms with E-state index in [2.05, 4.69) is 51.8 Å². The number of hydrogen-bond acceptors (Lipinski definition) is 4. The molecule has 0 radical (unpaired) electrons. The summed E-state index contributed by atoms with van der Waals surface area (Å²) < 4.78 is 10.9. The lowest BCUT2D eigenvalue weighted by atomic mass is 10.1. The van der Waals surface area contributed by atoms with Crippen LogP contribution in [0.1, 0.15) is 23.3 Å². The minimum atomic E-state index is 0. The Morgan fingerprint density at radius 2 is 1.91 bits per heavy atom. The molecule has 0 saturated carbocycles. The average Bonchev–Trinajstić information content (AvgIpc) is 3.48. The Labute approximate surface area is 213 Å². The monoisotopic (exact) mass is 565 g/mol. The van der Waals surface area contributed by atoms with Crippen molar-refractivity contribution >= 4 is 40.8 Å². The van der Waals surface area contributed by atoms with Crippen molar-refractivity contribution in [2.45, 2.75) is 26.2 Å². The SMILES string of the molecule is Cc1cccc2c(CCNC(=NCCCN3CCOCC3)NCCc3ccco3)c[nH]c12.I. The van der Waals surface area contributed by atoms with E-state index in [1.54, 1.807) is 6.26 Å². The van der Waals surface area contributed by atoms with Gasteiger partial charge in [0.25, 0.3) is 0 Å². The number of para-hydroxylation sites is 1. The zero-order valence-corrected chi connectivity index (χ0v) is 21.8. The fourth-order valence-corrected chi connectivity index (χ4v) is 4.13. The first kappa shape index (κ1) is 25.6. The minimum absolute atomic E-state index is 0. The third kappa shape index (κ3) is 7.75. The van der Waals surface area contributed by atoms with Gasteiger partial charge in [0.2, 0.25) is 0 Å². The summed E-state index contributed by atoms with van der Waals surface area (Å²) in [7, 11) is 0. The number of benzene rings is 1. The van der Waals surface area contributed by atoms with Crippen molar-refractivity contribution in [3.05, 3.63) is 59.7 Å². The lowest BCUT2D eigenvalue weighted by Crippen LogP contribution is -2.40. The first-order valence-corrected chi connectivity index (χ1v) is 11.7. The van der Waals surface area contributed by atoms with Gasteiger partial charge in [-0.05, 0) is 43.0 Å². The third-order valence-electron chi connectivity index (χ3n) is 5.95. The Hall–Kier alpha value is -2.04. The van der Waals surface area contributed by atoms with Crippen LogP contribution >= 0.6 is 24.0 Å². The molecule has 33 heavy (non-hydrogen) atoms. The van der Waals surface area contributed by atoms with Crippen LogP contribution in [0.4, 0.5) is 0 Å². The molecule has 3 aromatic rings. The van der Waals surface area contributed by atoms with Gasteiger partial charge >= 0.3 is 0 Å². The van der Waals surface area contributed by atoms with E-state index in [1.807, 2.05) is 12.1 Å². The maximum Gasteiger partial charge on any atom is 0.191 e. The molecular formula is C25H36IN5O2. The average molecular weight is 566 g/mol. The van der Waals surface area contributed by atoms with Crippen molar-refractivity contribution < 1.29 is 9.15 Å². The summed E-state index contributed by atoms with van der Waals surface area (Å²) in [5.41, 5.74) is 3.85. The molecule has 1 aliphatic heterocycles. The molecule has 1 saturated heterocycles. The van der Waals surface area contributed by atoms with Crippen LogP contribution in [-0.4, -0.2) is 68.3 Å². The zero-order valence-electron chi connectivity index (χ0n) is 19.4. The molecule has 3 heterocycles. The van der Waals surface area contributed by atoms with Gasteiger partial charge in [-0.2, -0.15) is 0 Å². The van der Waals surface area contributed by atoms with Crippen molar-refractivity contribution in [1.82, 2.24) is 20.5 Å². The number of aromatic nitrogens is 1. The second-order valence-corrected chi connectivity index (χ2v) is 8.28. The number of rotatable bonds is 10. The van der Waals surface area contributed by atoms with Crippen LogP contribution in [0, 0.1) is 6.92 Å². The number of nitrogens with zero attached hydrogens (tertiary/aromatic N) is 2. The minimum Gasteiger partial charge on any atom is -0.469 e. The van der Waals surface area contributed by atoms with Crippen LogP contribution in [-0.2, 0) is 17.6 Å². The Morgan fingerprint density at radius 1 is 1.09 bits per heavy atom. The van der Waals surface area contributed by atoms with Crippen LogP contribution in [0.15, 0.2) is 52.2 Å². The summed E-state index contributed by atoms with van der Waals surface area (Å²) >= 11 is 0. The third-order valence-corrected chi connectivity index (χ3v) is 5.95. The van der Waals surface area contributed by atoms with Crippen LogP contribution in [0.25, 0.3) is 10.9 Å². The predicted octanol–water partition coefficient (Wildman–Crippen LogP) is 3.73. The number of guanidine groups is 1. The van der Waals surface area contributed by atoms with Gasteiger partial charge < -0.3 is 24.8 Å². The highest BCUT2D eigenvalue weighted by Crippen LogP contribution is 2.21. The molecule has 0 bridgehead atoms. The van der Waals surface area contributed by atoms with Gasteiger partial charge in [-0.1, -0.05) is 18.2 Å². The summed E-state index contributed by atoms with van der Waals surface area (Å²) in [6.07, 6.45) is 6.67. The van der Waals surface area contributed by atoms with E-state index in [9.17, 15) is 0 Å². The fraction of sp³-hybridized carbons (Fsp3) is 0.480. The number of furan rings is 1. The van der Waals surface area contributed by atoms with Crippen molar-refractivity contribution in [3.8, 4) is 0 Å². The largest absolute Gasteiger partial charge is 0.469 e. The van der Waals surface area contributed by atoms with Crippen LogP contribution in [0.2, 0.25) is 0 Å². The highest BCUT2D eigenvalue weighted by atomic mass is 127. The van der Waals surface area contributed by atoms with Gasteiger partial charge in [-0.25, -0.2) is 0 Å². The number of halogens is 1. The zero-order chi connectivity index (χ0) is 22.0. The molecule has 0 unspecified atom stereocenters. The van der Waals surface area contributed by atoms with E-state index in [0.717, 1.165) is 83.5 Å². The smallest absolute Gasteiger partial charge is 0.191 e. The number of fused-ring (bicyclic) bond motifs is 1. The molecule has 8 heteroatoms. The molecule has 0 amide bonds. The Bertz CT molecular complexity index is 980. The highest BCUT2D eigenvalue weighted by Gasteiger charge is 2.09. The van der Waals surface area contributed by atoms with Crippen molar-refractivity contribution in [1.29, 1.82) is 0 Å². The molecule has 2 aromatic heterocycles. The summed E-state index contributed by atoms with van der Waals surface area (Å²) in [6, 6.07) is 10.4. The lowest BCUT2D eigenvalue weighted by molar-refractivity contribution is 0.0377. The van der Waals surface area contributed by atoms with Crippen molar-refractivity contribution in [3.63, 3.8) is 0 Å². The number of aryl methyl sites for hydroxylation is 1. The van der Waals surface area contributed by atoms with Crippen LogP contribution in [0.3, 0.4) is 0 Å². The second kappa shape index (κ2) is 13.6. The highest BCUT2D eigenvalue weighted by molar-refractivity contribution is 14.0. The molecule has 180 valence electrons. The van der Waals surface area contributed by atoms with Crippen molar-refractivity contribution in [2.24, 2.45) is 4.99 Å². The quantitative estimate of drug-likeness (QED) is 0.151. The number of nitrogens with one attached hydrogen (secondary N) is 3. The standard InChI is InChI=1S/C25H35N5O2.HI/c1-20-5-2-7-23-21(19-29-24(20)23)8-11-27-25(28-12-9-22-6-3-16-32-22)26-10-4-13-30-14-17-31-18-15-30;/h2-3,5-7,16,19,29H,4,8-15,17-18H2,1H3,(H2,26,27,28);1H. The lowest BCUT2D eigenvalue weighted by Gasteiger charge is -2.26. The molecule has 1 fully saturated rings. The number of aliphatic imine (C=N–C) groups is 1. The maximum absolute atomic E-state index is 5.44. The predicted molar refractivity (Wildman–Crippen MR) is 145 cm³/mol. The molecule has 3 N–H and O–H groups in total. The summed E-state index contributed by atoms with van der Waals surface area (Å²) in [5, 5.41) is 8.28. The van der Waals surface area contributed by atoms with E-state index >= 15 is 0 Å². The number of aromatic amines is 1. The number of hydrogen-bond donors (Lipinski definition) is 3. The Kier molecular flexibility index (Phi) is 10.6. The maximum atomic E-state index is 5.44. The topological polar surface area (TPSA) is 77.8 Å². The van der Waals surface area contributed by atoms with E-state index in [4.69, 9.17) is 14.1 Å². The Balaban J connectivity index is 0.00000306. The summed E-state index contributed by atoms with van der Waals surface area (Å²) in [4.78, 5) is 10.7. The first-order chi connectivity index (χ1) is 15.8. The van der Waals surface area contributed by atoms with Gasteiger partial charge in [0.05, 0.1) is 19.5 Å². The van der Waals surface area contributed by atoms with Gasteiger partial charge in [0.15, 0.2) is 5.96 Å². The molecule has 4 rings (SSSR count). The van der Waals surface area contributed by atoms with Gasteiger partial charge in [-0.15, -0.1) is 24.0 Å². The number of H-pyrrole nitrogens is 1. The summed E-state index contributed by atoms with van der Waals surface area (Å²) in [6.45, 7) is 9.38. The normalized spacial score (nSPS) is 14.9. The molecule has 7 nitrogen and oxygen atoms in total. The van der Waals surface area contributed by atoms with Crippen molar-refractivity contribution in [2.75, 3.05) is 52.5 Å². The van der Waals surface area contributed by atoms with Crippen LogP contribution in [0.5, 0.6) is 0 Å². The van der Waals surface area contributed by atoms with E-state index in [1.165, 1.54) is 22.0 Å². The van der Waals surface area contributed by atoms with Gasteiger partial charge in [0.1, 0.15) is 5.76 Å². The molecule has 0 aliphatic carbocycles. The summed E-state index contributed by atoms with van der Waals surface area (Å²) in [5.74, 6) is 1.85. The molecular weight excluding hydrogens is 529 g/mol. The van der Waals surface area contributed by atoms with Gasteiger partial charge in [0, 0.05) is 62.8 Å².